The minimum Gasteiger partial charge on any atom is -0.444 e. The van der Waals surface area contributed by atoms with Crippen molar-refractivity contribution in [3.05, 3.63) is 34.4 Å². The second-order valence-electron chi connectivity index (χ2n) is 8.90. The summed E-state index contributed by atoms with van der Waals surface area (Å²) in [6.07, 6.45) is 1.05. The van der Waals surface area contributed by atoms with Gasteiger partial charge in [0.05, 0.1) is 0 Å². The highest BCUT2D eigenvalue weighted by Gasteiger charge is 2.39. The van der Waals surface area contributed by atoms with Crippen molar-refractivity contribution in [1.29, 1.82) is 0 Å². The molecule has 0 radical (unpaired) electrons. The summed E-state index contributed by atoms with van der Waals surface area (Å²) in [5.74, 6) is -2.79. The number of cyclic esters (lactones) is 2. The van der Waals surface area contributed by atoms with Gasteiger partial charge in [-0.05, 0) is 44.5 Å². The lowest BCUT2D eigenvalue weighted by atomic mass is 10.1. The highest BCUT2D eigenvalue weighted by Crippen LogP contribution is 2.29. The molecule has 0 atom stereocenters. The second kappa shape index (κ2) is 8.42. The van der Waals surface area contributed by atoms with Gasteiger partial charge in [0.15, 0.2) is 0 Å². The lowest BCUT2D eigenvalue weighted by Gasteiger charge is -2.36. The molecule has 2 saturated heterocycles. The highest BCUT2D eigenvalue weighted by molar-refractivity contribution is 6.33. The summed E-state index contributed by atoms with van der Waals surface area (Å²) in [7, 11) is 0. The van der Waals surface area contributed by atoms with E-state index in [2.05, 4.69) is 4.90 Å². The Labute approximate surface area is 186 Å². The Morgan fingerprint density at radius 2 is 1.68 bits per heavy atom. The summed E-state index contributed by atoms with van der Waals surface area (Å²) in [6, 6.07) is 5.34. The van der Waals surface area contributed by atoms with E-state index in [4.69, 9.17) is 25.8 Å². The van der Waals surface area contributed by atoms with Gasteiger partial charge in [0.1, 0.15) is 11.2 Å². The SMILES string of the molecule is CC(C)(C)OC(=O)N1CCN(c2ccc(C=C3C(=O)OC(C)(C)OC3=O)c(Cl)c2)CC1. The number of esters is 2. The summed E-state index contributed by atoms with van der Waals surface area (Å²) < 4.78 is 15.6. The number of hydrogen-bond donors (Lipinski definition) is 0. The van der Waals surface area contributed by atoms with Crippen molar-refractivity contribution in [2.75, 3.05) is 31.1 Å². The van der Waals surface area contributed by atoms with Gasteiger partial charge in [-0.25, -0.2) is 14.4 Å². The maximum absolute atomic E-state index is 12.2. The Bertz CT molecular complexity index is 904. The first kappa shape index (κ1) is 22.9. The van der Waals surface area contributed by atoms with E-state index in [1.54, 1.807) is 17.0 Å². The molecule has 8 nitrogen and oxygen atoms in total. The van der Waals surface area contributed by atoms with Gasteiger partial charge in [0.25, 0.3) is 5.79 Å². The van der Waals surface area contributed by atoms with Crippen molar-refractivity contribution < 1.29 is 28.6 Å². The molecule has 1 aromatic carbocycles. The fourth-order valence-corrected chi connectivity index (χ4v) is 3.47. The van der Waals surface area contributed by atoms with Crippen LogP contribution in [0.25, 0.3) is 6.08 Å². The molecule has 1 aromatic rings. The molecule has 0 unspecified atom stereocenters. The number of rotatable bonds is 2. The van der Waals surface area contributed by atoms with Crippen molar-refractivity contribution in [2.45, 2.75) is 46.0 Å². The zero-order valence-electron chi connectivity index (χ0n) is 18.4. The van der Waals surface area contributed by atoms with Crippen LogP contribution >= 0.6 is 11.6 Å². The van der Waals surface area contributed by atoms with Gasteiger partial charge in [0, 0.05) is 50.7 Å². The van der Waals surface area contributed by atoms with Gasteiger partial charge in [-0.15, -0.1) is 0 Å². The lowest BCUT2D eigenvalue weighted by molar-refractivity contribution is -0.222. The standard InChI is InChI=1S/C22H27ClN2O6/c1-21(2,3)31-20(28)25-10-8-24(9-11-25)15-7-6-14(17(23)13-15)12-16-18(26)29-22(4,5)30-19(16)27/h6-7,12-13H,8-11H2,1-5H3. The van der Waals surface area contributed by atoms with E-state index in [0.29, 0.717) is 36.8 Å². The Hall–Kier alpha value is -2.74. The fraction of sp³-hybridized carbons (Fsp3) is 0.500. The zero-order chi connectivity index (χ0) is 23.0. The van der Waals surface area contributed by atoms with E-state index in [-0.39, 0.29) is 11.7 Å². The largest absolute Gasteiger partial charge is 0.444 e. The molecule has 0 aliphatic carbocycles. The first-order valence-corrected chi connectivity index (χ1v) is 10.4. The van der Waals surface area contributed by atoms with Crippen molar-refractivity contribution in [3.8, 4) is 0 Å². The van der Waals surface area contributed by atoms with E-state index in [9.17, 15) is 14.4 Å². The predicted octanol–water partition coefficient (Wildman–Crippen LogP) is 3.62. The quantitative estimate of drug-likeness (QED) is 0.386. The third-order valence-corrected chi connectivity index (χ3v) is 5.02. The number of anilines is 1. The van der Waals surface area contributed by atoms with Crippen LogP contribution in [0.5, 0.6) is 0 Å². The molecule has 1 amide bonds. The van der Waals surface area contributed by atoms with Crippen LogP contribution in [-0.4, -0.2) is 60.5 Å². The number of amides is 1. The zero-order valence-corrected chi connectivity index (χ0v) is 19.1. The second-order valence-corrected chi connectivity index (χ2v) is 9.30. The van der Waals surface area contributed by atoms with Gasteiger partial charge in [-0.3, -0.25) is 0 Å². The summed E-state index contributed by atoms with van der Waals surface area (Å²) in [4.78, 5) is 40.3. The van der Waals surface area contributed by atoms with E-state index in [0.717, 1.165) is 5.69 Å². The van der Waals surface area contributed by atoms with Crippen molar-refractivity contribution in [1.82, 2.24) is 4.90 Å². The molecule has 0 spiro atoms. The molecule has 9 heteroatoms. The smallest absolute Gasteiger partial charge is 0.410 e. The normalized spacial score (nSPS) is 19.0. The molecule has 0 aromatic heterocycles. The summed E-state index contributed by atoms with van der Waals surface area (Å²) in [6.45, 7) is 10.8. The average molecular weight is 451 g/mol. The number of halogens is 1. The van der Waals surface area contributed by atoms with E-state index < -0.39 is 23.3 Å². The number of hydrogen-bond acceptors (Lipinski definition) is 7. The number of nitrogens with zero attached hydrogens (tertiary/aromatic N) is 2. The first-order chi connectivity index (χ1) is 14.3. The number of piperazine rings is 1. The maximum atomic E-state index is 12.2. The summed E-state index contributed by atoms with van der Waals surface area (Å²) >= 11 is 6.41. The van der Waals surface area contributed by atoms with Gasteiger partial charge < -0.3 is 24.0 Å². The average Bonchev–Trinajstić information content (AvgIpc) is 2.63. The summed E-state index contributed by atoms with van der Waals surface area (Å²) in [5, 5.41) is 0.380. The number of benzene rings is 1. The van der Waals surface area contributed by atoms with Crippen LogP contribution in [-0.2, 0) is 23.8 Å². The fourth-order valence-electron chi connectivity index (χ4n) is 3.24. The number of ether oxygens (including phenoxy) is 3. The molecule has 0 saturated carbocycles. The molecule has 0 bridgehead atoms. The Morgan fingerprint density at radius 1 is 1.10 bits per heavy atom. The van der Waals surface area contributed by atoms with Gasteiger partial charge in [0.2, 0.25) is 0 Å². The molecule has 31 heavy (non-hydrogen) atoms. The van der Waals surface area contributed by atoms with Crippen LogP contribution in [0.15, 0.2) is 23.8 Å². The van der Waals surface area contributed by atoms with Crippen LogP contribution < -0.4 is 4.90 Å². The van der Waals surface area contributed by atoms with Gasteiger partial charge in [-0.2, -0.15) is 0 Å². The molecule has 2 aliphatic heterocycles. The van der Waals surface area contributed by atoms with Crippen LogP contribution in [0.1, 0.15) is 40.2 Å². The van der Waals surface area contributed by atoms with E-state index in [1.807, 2.05) is 26.8 Å². The van der Waals surface area contributed by atoms with Crippen LogP contribution in [0.2, 0.25) is 5.02 Å². The third kappa shape index (κ3) is 5.70. The predicted molar refractivity (Wildman–Crippen MR) is 116 cm³/mol. The number of carbonyl (C=O) groups excluding carboxylic acids is 3. The molecule has 3 rings (SSSR count). The number of carbonyl (C=O) groups is 3. The minimum absolute atomic E-state index is 0.208. The van der Waals surface area contributed by atoms with E-state index >= 15 is 0 Å². The summed E-state index contributed by atoms with van der Waals surface area (Å²) in [5.41, 5.74) is 0.645. The van der Waals surface area contributed by atoms with Crippen LogP contribution in [0.3, 0.4) is 0 Å². The minimum atomic E-state index is -1.29. The first-order valence-electron chi connectivity index (χ1n) is 10.1. The Morgan fingerprint density at radius 3 is 2.19 bits per heavy atom. The van der Waals surface area contributed by atoms with Gasteiger partial charge >= 0.3 is 18.0 Å². The van der Waals surface area contributed by atoms with Crippen LogP contribution in [0.4, 0.5) is 10.5 Å². The third-order valence-electron chi connectivity index (χ3n) is 4.70. The molecule has 2 fully saturated rings. The Balaban J connectivity index is 1.68. The molecular weight excluding hydrogens is 424 g/mol. The molecule has 2 heterocycles. The molecule has 0 N–H and O–H groups in total. The Kier molecular flexibility index (Phi) is 6.23. The van der Waals surface area contributed by atoms with Crippen molar-refractivity contribution >= 4 is 41.4 Å². The molecular formula is C22H27ClN2O6. The van der Waals surface area contributed by atoms with Crippen molar-refractivity contribution in [2.24, 2.45) is 0 Å². The highest BCUT2D eigenvalue weighted by atomic mass is 35.5. The van der Waals surface area contributed by atoms with Crippen LogP contribution in [0, 0.1) is 0 Å². The van der Waals surface area contributed by atoms with E-state index in [1.165, 1.54) is 19.9 Å². The monoisotopic (exact) mass is 450 g/mol. The molecule has 2 aliphatic rings. The maximum Gasteiger partial charge on any atom is 0.410 e. The van der Waals surface area contributed by atoms with Gasteiger partial charge in [-0.1, -0.05) is 17.7 Å². The van der Waals surface area contributed by atoms with Crippen molar-refractivity contribution in [3.63, 3.8) is 0 Å². The lowest BCUT2D eigenvalue weighted by Crippen LogP contribution is -2.50. The topological polar surface area (TPSA) is 85.4 Å². The molecule has 168 valence electrons.